The average molecular weight is 402 g/mol. The van der Waals surface area contributed by atoms with Gasteiger partial charge in [-0.2, -0.15) is 10.2 Å². The molecule has 0 aliphatic rings. The number of carbonyl (C=O) groups excluding carboxylic acids is 1. The van der Waals surface area contributed by atoms with Crippen molar-refractivity contribution in [3.8, 4) is 17.0 Å². The Morgan fingerprint density at radius 2 is 1.90 bits per heavy atom. The summed E-state index contributed by atoms with van der Waals surface area (Å²) in [6, 6.07) is 19.3. The molecule has 0 spiro atoms. The van der Waals surface area contributed by atoms with Crippen LogP contribution in [0.25, 0.3) is 11.3 Å². The van der Waals surface area contributed by atoms with Gasteiger partial charge in [-0.05, 0) is 23.8 Å². The summed E-state index contributed by atoms with van der Waals surface area (Å²) in [5.74, 6) is 0.280. The van der Waals surface area contributed by atoms with Crippen LogP contribution in [0.15, 0.2) is 79.3 Å². The standard InChI is InChI=1S/C23H22N4O3/c1-29-20-10-5-9-19(15-20)22-21(23(28)30-14-13-26-12-6-11-24-26)17-27(25-22)16-18-7-3-2-4-8-18/h2-12,15,17H,13-14,16H2,1H3. The van der Waals surface area contributed by atoms with Crippen molar-refractivity contribution in [2.75, 3.05) is 13.7 Å². The molecule has 0 saturated heterocycles. The molecule has 0 amide bonds. The first kappa shape index (κ1) is 19.4. The van der Waals surface area contributed by atoms with E-state index in [1.807, 2.05) is 66.9 Å². The van der Waals surface area contributed by atoms with E-state index in [4.69, 9.17) is 9.47 Å². The number of hydrogen-bond donors (Lipinski definition) is 0. The molecule has 0 saturated carbocycles. The summed E-state index contributed by atoms with van der Waals surface area (Å²) in [6.45, 7) is 1.27. The number of esters is 1. The molecule has 0 unspecified atom stereocenters. The fraction of sp³-hybridized carbons (Fsp3) is 0.174. The Morgan fingerprint density at radius 1 is 1.03 bits per heavy atom. The topological polar surface area (TPSA) is 71.2 Å². The van der Waals surface area contributed by atoms with Crippen molar-refractivity contribution in [2.24, 2.45) is 0 Å². The lowest BCUT2D eigenvalue weighted by Gasteiger charge is -2.06. The molecule has 0 fully saturated rings. The molecule has 7 heteroatoms. The first-order chi connectivity index (χ1) is 14.7. The Morgan fingerprint density at radius 3 is 2.67 bits per heavy atom. The highest BCUT2D eigenvalue weighted by Crippen LogP contribution is 2.26. The first-order valence-electron chi connectivity index (χ1n) is 9.63. The van der Waals surface area contributed by atoms with Crippen LogP contribution in [0, 0.1) is 0 Å². The maximum atomic E-state index is 12.9. The van der Waals surface area contributed by atoms with Gasteiger partial charge in [-0.3, -0.25) is 9.36 Å². The predicted molar refractivity (Wildman–Crippen MR) is 112 cm³/mol. The second-order valence-corrected chi connectivity index (χ2v) is 6.71. The van der Waals surface area contributed by atoms with E-state index in [0.717, 1.165) is 11.1 Å². The number of ether oxygens (including phenoxy) is 2. The van der Waals surface area contributed by atoms with Crippen LogP contribution in [0.3, 0.4) is 0 Å². The van der Waals surface area contributed by atoms with Crippen molar-refractivity contribution >= 4 is 5.97 Å². The summed E-state index contributed by atoms with van der Waals surface area (Å²) < 4.78 is 14.3. The van der Waals surface area contributed by atoms with E-state index in [1.165, 1.54) is 0 Å². The van der Waals surface area contributed by atoms with Gasteiger partial charge in [0.2, 0.25) is 0 Å². The van der Waals surface area contributed by atoms with Gasteiger partial charge in [-0.15, -0.1) is 0 Å². The van der Waals surface area contributed by atoms with Crippen LogP contribution in [0.2, 0.25) is 0 Å². The van der Waals surface area contributed by atoms with E-state index in [2.05, 4.69) is 10.2 Å². The molecule has 7 nitrogen and oxygen atoms in total. The Bertz CT molecular complexity index is 1100. The van der Waals surface area contributed by atoms with Crippen LogP contribution in [0.1, 0.15) is 15.9 Å². The molecule has 2 aromatic carbocycles. The van der Waals surface area contributed by atoms with Gasteiger partial charge in [0.05, 0.1) is 20.2 Å². The van der Waals surface area contributed by atoms with Crippen LogP contribution in [0.4, 0.5) is 0 Å². The van der Waals surface area contributed by atoms with E-state index in [1.54, 1.807) is 28.9 Å². The molecule has 0 aliphatic carbocycles. The molecule has 152 valence electrons. The van der Waals surface area contributed by atoms with Crippen molar-refractivity contribution in [1.29, 1.82) is 0 Å². The molecular formula is C23H22N4O3. The minimum Gasteiger partial charge on any atom is -0.497 e. The number of methoxy groups -OCH3 is 1. The maximum absolute atomic E-state index is 12.9. The van der Waals surface area contributed by atoms with Gasteiger partial charge >= 0.3 is 5.97 Å². The highest BCUT2D eigenvalue weighted by atomic mass is 16.5. The second-order valence-electron chi connectivity index (χ2n) is 6.71. The smallest absolute Gasteiger partial charge is 0.342 e. The molecule has 4 aromatic rings. The second kappa shape index (κ2) is 9.09. The molecular weight excluding hydrogens is 380 g/mol. The largest absolute Gasteiger partial charge is 0.497 e. The zero-order chi connectivity index (χ0) is 20.8. The minimum absolute atomic E-state index is 0.224. The predicted octanol–water partition coefficient (Wildman–Crippen LogP) is 3.66. The van der Waals surface area contributed by atoms with Gasteiger partial charge in [0.1, 0.15) is 23.6 Å². The number of hydrogen-bond acceptors (Lipinski definition) is 5. The molecule has 0 radical (unpaired) electrons. The van der Waals surface area contributed by atoms with Crippen molar-refractivity contribution in [3.63, 3.8) is 0 Å². The lowest BCUT2D eigenvalue weighted by Crippen LogP contribution is -2.12. The Kier molecular flexibility index (Phi) is 5.89. The summed E-state index contributed by atoms with van der Waals surface area (Å²) in [4.78, 5) is 12.9. The van der Waals surface area contributed by atoms with E-state index < -0.39 is 5.97 Å². The van der Waals surface area contributed by atoms with E-state index in [9.17, 15) is 4.79 Å². The third-order valence-corrected chi connectivity index (χ3v) is 4.62. The molecule has 30 heavy (non-hydrogen) atoms. The zero-order valence-corrected chi connectivity index (χ0v) is 16.6. The van der Waals surface area contributed by atoms with Gasteiger partial charge < -0.3 is 9.47 Å². The molecule has 0 atom stereocenters. The third-order valence-electron chi connectivity index (χ3n) is 4.62. The maximum Gasteiger partial charge on any atom is 0.342 e. The van der Waals surface area contributed by atoms with Crippen molar-refractivity contribution < 1.29 is 14.3 Å². The summed E-state index contributed by atoms with van der Waals surface area (Å²) in [5, 5.41) is 8.79. The molecule has 2 heterocycles. The molecule has 4 rings (SSSR count). The normalized spacial score (nSPS) is 10.7. The van der Waals surface area contributed by atoms with E-state index >= 15 is 0 Å². The lowest BCUT2D eigenvalue weighted by atomic mass is 10.1. The number of aromatic nitrogens is 4. The molecule has 0 aliphatic heterocycles. The van der Waals surface area contributed by atoms with Gasteiger partial charge in [0.25, 0.3) is 0 Å². The Hall–Kier alpha value is -3.87. The van der Waals surface area contributed by atoms with Crippen LogP contribution in [-0.4, -0.2) is 39.2 Å². The van der Waals surface area contributed by atoms with Gasteiger partial charge in [-0.1, -0.05) is 42.5 Å². The van der Waals surface area contributed by atoms with E-state index in [-0.39, 0.29) is 6.61 Å². The average Bonchev–Trinajstić information content (AvgIpc) is 3.45. The summed E-state index contributed by atoms with van der Waals surface area (Å²) in [6.07, 6.45) is 5.25. The SMILES string of the molecule is COc1cccc(-c2nn(Cc3ccccc3)cc2C(=O)OCCn2cccn2)c1. The number of benzene rings is 2. The van der Waals surface area contributed by atoms with Gasteiger partial charge in [0.15, 0.2) is 0 Å². The Labute approximate surface area is 174 Å². The highest BCUT2D eigenvalue weighted by molar-refractivity contribution is 5.96. The molecule has 2 aromatic heterocycles. The summed E-state index contributed by atoms with van der Waals surface area (Å²) in [5.41, 5.74) is 2.87. The Balaban J connectivity index is 1.59. The fourth-order valence-corrected chi connectivity index (χ4v) is 3.15. The number of nitrogens with zero attached hydrogens (tertiary/aromatic N) is 4. The van der Waals surface area contributed by atoms with Crippen LogP contribution in [-0.2, 0) is 17.8 Å². The zero-order valence-electron chi connectivity index (χ0n) is 16.6. The minimum atomic E-state index is -0.417. The third kappa shape index (κ3) is 4.57. The van der Waals surface area contributed by atoms with Crippen LogP contribution in [0.5, 0.6) is 5.75 Å². The number of carbonyl (C=O) groups is 1. The van der Waals surface area contributed by atoms with Gasteiger partial charge in [0, 0.05) is 24.2 Å². The summed E-state index contributed by atoms with van der Waals surface area (Å²) in [7, 11) is 1.61. The van der Waals surface area contributed by atoms with Crippen LogP contribution < -0.4 is 4.74 Å². The lowest BCUT2D eigenvalue weighted by molar-refractivity contribution is 0.0488. The van der Waals surface area contributed by atoms with Crippen molar-refractivity contribution in [1.82, 2.24) is 19.6 Å². The summed E-state index contributed by atoms with van der Waals surface area (Å²) >= 11 is 0. The molecule has 0 N–H and O–H groups in total. The first-order valence-corrected chi connectivity index (χ1v) is 9.63. The quantitative estimate of drug-likeness (QED) is 0.421. The fourth-order valence-electron chi connectivity index (χ4n) is 3.15. The van der Waals surface area contributed by atoms with Gasteiger partial charge in [-0.25, -0.2) is 4.79 Å². The van der Waals surface area contributed by atoms with Crippen molar-refractivity contribution in [3.05, 3.63) is 90.4 Å². The highest BCUT2D eigenvalue weighted by Gasteiger charge is 2.20. The van der Waals surface area contributed by atoms with Crippen LogP contribution >= 0.6 is 0 Å². The number of rotatable bonds is 8. The monoisotopic (exact) mass is 402 g/mol. The molecule has 0 bridgehead atoms. The van der Waals surface area contributed by atoms with Crippen molar-refractivity contribution in [2.45, 2.75) is 13.1 Å². The van der Waals surface area contributed by atoms with E-state index in [0.29, 0.717) is 30.1 Å².